The number of nitrogens with one attached hydrogen (secondary N) is 1. The number of nitrogens with zero attached hydrogens (tertiary/aromatic N) is 3. The van der Waals surface area contributed by atoms with Crippen LogP contribution in [0.1, 0.15) is 22.9 Å². The van der Waals surface area contributed by atoms with E-state index in [9.17, 15) is 0 Å². The summed E-state index contributed by atoms with van der Waals surface area (Å²) < 4.78 is 24.2. The van der Waals surface area contributed by atoms with E-state index in [-0.39, 0.29) is 5.82 Å². The lowest BCUT2D eigenvalue weighted by atomic mass is 10.00. The normalized spacial score (nSPS) is 14.5. The van der Waals surface area contributed by atoms with Gasteiger partial charge in [-0.2, -0.15) is 0 Å². The Balaban J connectivity index is 1.07. The second-order valence-electron chi connectivity index (χ2n) is 13.8. The quantitative estimate of drug-likeness (QED) is 0.192. The molecule has 260 valence electrons. The van der Waals surface area contributed by atoms with Gasteiger partial charge in [0.25, 0.3) is 0 Å². The Kier molecular flexibility index (Phi) is 7.22. The zero-order valence-corrected chi connectivity index (χ0v) is 30.0. The third kappa shape index (κ3) is 5.39. The average molecular weight is 729 g/mol. The minimum absolute atomic E-state index is 0.336. The van der Waals surface area contributed by atoms with Crippen molar-refractivity contribution in [3.8, 4) is 22.3 Å². The number of thiophene rings is 1. The van der Waals surface area contributed by atoms with Crippen molar-refractivity contribution in [3.63, 3.8) is 0 Å². The molecule has 0 bridgehead atoms. The second-order valence-corrected chi connectivity index (χ2v) is 14.9. The van der Waals surface area contributed by atoms with Crippen LogP contribution >= 0.6 is 11.3 Å². The molecule has 10 aromatic rings. The van der Waals surface area contributed by atoms with Gasteiger partial charge in [0.1, 0.15) is 29.0 Å². The van der Waals surface area contributed by atoms with E-state index in [1.165, 1.54) is 14.8 Å². The molecule has 3 aromatic heterocycles. The summed E-state index contributed by atoms with van der Waals surface area (Å²) in [5, 5.41) is 9.66. The summed E-state index contributed by atoms with van der Waals surface area (Å²) in [5.41, 5.74) is 8.48. The van der Waals surface area contributed by atoms with Crippen molar-refractivity contribution in [3.05, 3.63) is 187 Å². The van der Waals surface area contributed by atoms with Gasteiger partial charge < -0.3 is 9.73 Å². The van der Waals surface area contributed by atoms with Crippen LogP contribution in [-0.4, -0.2) is 16.7 Å². The molecule has 5 nitrogen and oxygen atoms in total. The summed E-state index contributed by atoms with van der Waals surface area (Å²) >= 11 is 1.77. The van der Waals surface area contributed by atoms with Gasteiger partial charge in [-0.15, -0.1) is 11.3 Å². The van der Waals surface area contributed by atoms with E-state index in [0.29, 0.717) is 17.2 Å². The predicted octanol–water partition coefficient (Wildman–Crippen LogP) is 12.5. The van der Waals surface area contributed by atoms with Crippen molar-refractivity contribution in [1.82, 2.24) is 10.3 Å². The van der Waals surface area contributed by atoms with Crippen LogP contribution in [0.3, 0.4) is 0 Å². The van der Waals surface area contributed by atoms with Crippen LogP contribution in [0.5, 0.6) is 0 Å². The molecule has 7 heteroatoms. The highest BCUT2D eigenvalue weighted by molar-refractivity contribution is 7.25. The molecule has 0 radical (unpaired) electrons. The molecule has 4 heterocycles. The van der Waals surface area contributed by atoms with Gasteiger partial charge in [-0.05, 0) is 87.6 Å². The molecule has 1 aliphatic rings. The fraction of sp³-hybridized carbons (Fsp3) is 0.0208. The monoisotopic (exact) mass is 728 g/mol. The zero-order chi connectivity index (χ0) is 36.5. The molecule has 0 amide bonds. The molecule has 0 saturated carbocycles. The highest BCUT2D eigenvalue weighted by Gasteiger charge is 2.25. The number of hydrogen-bond acceptors (Lipinski definition) is 6. The van der Waals surface area contributed by atoms with Crippen LogP contribution in [0.2, 0.25) is 0 Å². The summed E-state index contributed by atoms with van der Waals surface area (Å²) in [6.45, 7) is 0. The molecule has 0 saturated heterocycles. The third-order valence-corrected chi connectivity index (χ3v) is 11.6. The number of hydrogen-bond donors (Lipinski definition) is 1. The van der Waals surface area contributed by atoms with Gasteiger partial charge in [-0.1, -0.05) is 97.1 Å². The molecule has 7 aromatic carbocycles. The van der Waals surface area contributed by atoms with Gasteiger partial charge in [0.2, 0.25) is 0 Å². The topological polar surface area (TPSA) is 62.8 Å². The highest BCUT2D eigenvalue weighted by Crippen LogP contribution is 2.39. The smallest absolute Gasteiger partial charge is 0.160 e. The lowest BCUT2D eigenvalue weighted by Crippen LogP contribution is -2.33. The Morgan fingerprint density at radius 3 is 2.31 bits per heavy atom. The molecular weight excluding hydrogens is 700 g/mol. The molecule has 0 fully saturated rings. The van der Waals surface area contributed by atoms with Gasteiger partial charge in [0, 0.05) is 60.0 Å². The molecule has 1 aliphatic heterocycles. The Labute approximate surface area is 318 Å². The summed E-state index contributed by atoms with van der Waals surface area (Å²) in [4.78, 5) is 14.7. The number of furan rings is 1. The van der Waals surface area contributed by atoms with Gasteiger partial charge in [-0.3, -0.25) is 4.98 Å². The standard InChI is InChI=1S/C48H29FN4OS/c49-34-22-31-10-4-5-12-35(31)40(26-34)48-52-46(32-17-20-43-39(23-32)36-18-15-30(25-44(36)55-43)33-11-7-21-50-27-33)51-47(53-48)38-13-6-14-41-45(38)37-19-16-29(24-42(37)54-41)28-8-2-1-3-9-28/h1-27,46H,(H,51,52,53). The number of pyridine rings is 1. The number of rotatable bonds is 5. The maximum atomic E-state index is 15.3. The summed E-state index contributed by atoms with van der Waals surface area (Å²) in [6.07, 6.45) is 3.19. The molecule has 0 spiro atoms. The first-order valence-corrected chi connectivity index (χ1v) is 18.9. The Bertz CT molecular complexity index is 3200. The first kappa shape index (κ1) is 31.6. The Morgan fingerprint density at radius 2 is 1.42 bits per heavy atom. The first-order chi connectivity index (χ1) is 27.1. The van der Waals surface area contributed by atoms with E-state index in [1.807, 2.05) is 66.9 Å². The van der Waals surface area contributed by atoms with Crippen LogP contribution in [0.25, 0.3) is 75.1 Å². The van der Waals surface area contributed by atoms with Crippen LogP contribution < -0.4 is 5.32 Å². The van der Waals surface area contributed by atoms with E-state index in [0.717, 1.165) is 71.5 Å². The minimum Gasteiger partial charge on any atom is -0.456 e. The molecule has 1 unspecified atom stereocenters. The van der Waals surface area contributed by atoms with E-state index in [1.54, 1.807) is 29.7 Å². The number of halogens is 1. The predicted molar refractivity (Wildman–Crippen MR) is 225 cm³/mol. The first-order valence-electron chi connectivity index (χ1n) is 18.1. The lowest BCUT2D eigenvalue weighted by Gasteiger charge is -2.24. The molecule has 1 atom stereocenters. The van der Waals surface area contributed by atoms with Crippen LogP contribution in [-0.2, 0) is 0 Å². The zero-order valence-electron chi connectivity index (χ0n) is 29.2. The van der Waals surface area contributed by atoms with Gasteiger partial charge in [0.05, 0.1) is 0 Å². The van der Waals surface area contributed by atoms with Gasteiger partial charge in [-0.25, -0.2) is 14.4 Å². The number of aromatic nitrogens is 1. The highest BCUT2D eigenvalue weighted by atomic mass is 32.1. The second kappa shape index (κ2) is 12.6. The lowest BCUT2D eigenvalue weighted by molar-refractivity contribution is 0.629. The van der Waals surface area contributed by atoms with Crippen LogP contribution in [0.15, 0.2) is 178 Å². The van der Waals surface area contributed by atoms with Crippen molar-refractivity contribution in [2.24, 2.45) is 9.98 Å². The number of fused-ring (bicyclic) bond motifs is 7. The van der Waals surface area contributed by atoms with Crippen LogP contribution in [0, 0.1) is 5.82 Å². The van der Waals surface area contributed by atoms with E-state index in [4.69, 9.17) is 14.4 Å². The molecule has 55 heavy (non-hydrogen) atoms. The summed E-state index contributed by atoms with van der Waals surface area (Å²) in [7, 11) is 0. The fourth-order valence-electron chi connectivity index (χ4n) is 7.85. The summed E-state index contributed by atoms with van der Waals surface area (Å²) in [6, 6.07) is 50.8. The third-order valence-electron chi connectivity index (χ3n) is 10.5. The van der Waals surface area contributed by atoms with Gasteiger partial charge in [0.15, 0.2) is 5.84 Å². The van der Waals surface area contributed by atoms with Gasteiger partial charge >= 0.3 is 0 Å². The molecule has 0 aliphatic carbocycles. The van der Waals surface area contributed by atoms with Crippen molar-refractivity contribution >= 4 is 75.9 Å². The molecule has 11 rings (SSSR count). The number of amidine groups is 2. The van der Waals surface area contributed by atoms with E-state index >= 15 is 4.39 Å². The van der Waals surface area contributed by atoms with Crippen molar-refractivity contribution in [2.75, 3.05) is 0 Å². The number of benzene rings is 7. The van der Waals surface area contributed by atoms with Crippen molar-refractivity contribution < 1.29 is 8.81 Å². The largest absolute Gasteiger partial charge is 0.456 e. The maximum absolute atomic E-state index is 15.3. The van der Waals surface area contributed by atoms with Crippen molar-refractivity contribution in [2.45, 2.75) is 6.17 Å². The average Bonchev–Trinajstić information content (AvgIpc) is 3.81. The SMILES string of the molecule is Fc1cc(C2=NC(c3ccc4sc5cc(-c6cccnc6)ccc5c4c3)NC(c3cccc4oc5cc(-c6ccccc6)ccc5c34)=N2)c2ccccc2c1. The fourth-order valence-corrected chi connectivity index (χ4v) is 8.97. The maximum Gasteiger partial charge on any atom is 0.160 e. The van der Waals surface area contributed by atoms with E-state index in [2.05, 4.69) is 89.2 Å². The van der Waals surface area contributed by atoms with E-state index < -0.39 is 6.17 Å². The minimum atomic E-state index is -0.503. The Morgan fingerprint density at radius 1 is 0.582 bits per heavy atom. The molecule has 1 N–H and O–H groups in total. The number of aliphatic imine (C=N–C) groups is 2. The van der Waals surface area contributed by atoms with Crippen LogP contribution in [0.4, 0.5) is 4.39 Å². The van der Waals surface area contributed by atoms with Crippen molar-refractivity contribution in [1.29, 1.82) is 0 Å². The molecular formula is C48H29FN4OS. The Hall–Kier alpha value is -6.96. The summed E-state index contributed by atoms with van der Waals surface area (Å²) in [5.74, 6) is 0.763.